The minimum absolute atomic E-state index is 0.220. The minimum Gasteiger partial charge on any atom is -0.450 e. The molecule has 2 fully saturated rings. The van der Waals surface area contributed by atoms with Crippen LogP contribution in [0.4, 0.5) is 10.6 Å². The average molecular weight is 426 g/mol. The molecule has 1 atom stereocenters. The summed E-state index contributed by atoms with van der Waals surface area (Å²) in [5.41, 5.74) is 2.22. The maximum atomic E-state index is 12.1. The van der Waals surface area contributed by atoms with Gasteiger partial charge in [-0.1, -0.05) is 25.5 Å². The summed E-state index contributed by atoms with van der Waals surface area (Å²) in [6.45, 7) is 11.4. The van der Waals surface area contributed by atoms with Gasteiger partial charge in [-0.3, -0.25) is 4.90 Å². The monoisotopic (exact) mass is 425 g/mol. The molecule has 1 amide bonds. The summed E-state index contributed by atoms with van der Waals surface area (Å²) >= 11 is 0. The van der Waals surface area contributed by atoms with Crippen molar-refractivity contribution in [2.45, 2.75) is 59.0 Å². The maximum Gasteiger partial charge on any atom is 0.409 e. The van der Waals surface area contributed by atoms with Gasteiger partial charge in [0.05, 0.1) is 18.7 Å². The van der Waals surface area contributed by atoms with Crippen molar-refractivity contribution in [2.75, 3.05) is 44.2 Å². The molecule has 2 aliphatic heterocycles. The molecule has 0 spiro atoms. The number of aryl methyl sites for hydroxylation is 1. The van der Waals surface area contributed by atoms with E-state index in [-0.39, 0.29) is 6.09 Å². The predicted molar refractivity (Wildman–Crippen MR) is 123 cm³/mol. The molecule has 0 bridgehead atoms. The van der Waals surface area contributed by atoms with Crippen molar-refractivity contribution in [1.29, 1.82) is 0 Å². The zero-order valence-electron chi connectivity index (χ0n) is 19.1. The number of likely N-dealkylation sites (tertiary alicyclic amines) is 1. The Morgan fingerprint density at radius 2 is 1.90 bits per heavy atom. The van der Waals surface area contributed by atoms with E-state index in [0.29, 0.717) is 25.7 Å². The second kappa shape index (κ2) is 9.81. The number of para-hydroxylation sites is 1. The van der Waals surface area contributed by atoms with Crippen LogP contribution < -0.4 is 4.90 Å². The number of benzene rings is 1. The minimum atomic E-state index is -0.220. The fourth-order valence-corrected chi connectivity index (χ4v) is 4.86. The van der Waals surface area contributed by atoms with Gasteiger partial charge >= 0.3 is 6.09 Å². The molecule has 7 heteroatoms. The Morgan fingerprint density at radius 1 is 1.10 bits per heavy atom. The SMILES string of the molecule is CCOC(=O)N1CCN(c2nc(CN3CCCC[C@H]3CC)nc3c(C)cccc23)CC1. The number of carbonyl (C=O) groups is 1. The van der Waals surface area contributed by atoms with E-state index in [9.17, 15) is 4.79 Å². The number of carbonyl (C=O) groups excluding carboxylic acids is 1. The van der Waals surface area contributed by atoms with Crippen LogP contribution in [0.15, 0.2) is 18.2 Å². The van der Waals surface area contributed by atoms with Crippen LogP contribution in [0.25, 0.3) is 10.9 Å². The summed E-state index contributed by atoms with van der Waals surface area (Å²) in [5, 5.41) is 1.10. The lowest BCUT2D eigenvalue weighted by Gasteiger charge is -2.36. The highest BCUT2D eigenvalue weighted by Gasteiger charge is 2.26. The lowest BCUT2D eigenvalue weighted by molar-refractivity contribution is 0.105. The van der Waals surface area contributed by atoms with Gasteiger partial charge in [0, 0.05) is 37.6 Å². The lowest BCUT2D eigenvalue weighted by Crippen LogP contribution is -2.49. The van der Waals surface area contributed by atoms with E-state index in [1.807, 2.05) is 6.92 Å². The van der Waals surface area contributed by atoms with E-state index in [1.54, 1.807) is 4.90 Å². The maximum absolute atomic E-state index is 12.1. The number of anilines is 1. The topological polar surface area (TPSA) is 61.8 Å². The van der Waals surface area contributed by atoms with Gasteiger partial charge in [0.25, 0.3) is 0 Å². The Bertz CT molecular complexity index is 910. The molecule has 0 radical (unpaired) electrons. The number of amides is 1. The molecule has 0 saturated carbocycles. The third kappa shape index (κ3) is 4.76. The highest BCUT2D eigenvalue weighted by molar-refractivity contribution is 5.91. The molecule has 2 aromatic rings. The number of fused-ring (bicyclic) bond motifs is 1. The van der Waals surface area contributed by atoms with Crippen molar-refractivity contribution >= 4 is 22.8 Å². The first-order chi connectivity index (χ1) is 15.1. The number of piperidine rings is 1. The molecule has 0 aliphatic carbocycles. The number of piperazine rings is 1. The smallest absolute Gasteiger partial charge is 0.409 e. The molecule has 4 rings (SSSR count). The molecule has 7 nitrogen and oxygen atoms in total. The lowest BCUT2D eigenvalue weighted by atomic mass is 10.00. The van der Waals surface area contributed by atoms with Gasteiger partial charge in [0.15, 0.2) is 0 Å². The molecule has 31 heavy (non-hydrogen) atoms. The van der Waals surface area contributed by atoms with E-state index in [2.05, 4.69) is 41.8 Å². The Morgan fingerprint density at radius 3 is 2.65 bits per heavy atom. The fraction of sp³-hybridized carbons (Fsp3) is 0.625. The van der Waals surface area contributed by atoms with Crippen LogP contribution >= 0.6 is 0 Å². The molecular weight excluding hydrogens is 390 g/mol. The average Bonchev–Trinajstić information content (AvgIpc) is 2.80. The van der Waals surface area contributed by atoms with Crippen molar-refractivity contribution in [3.63, 3.8) is 0 Å². The summed E-state index contributed by atoms with van der Waals surface area (Å²) in [4.78, 5) is 28.8. The van der Waals surface area contributed by atoms with Crippen LogP contribution in [0.3, 0.4) is 0 Å². The standard InChI is InChI=1S/C24H35N5O2/c1-4-19-10-6-7-12-29(19)17-21-25-22-18(3)9-8-11-20(22)23(26-21)27-13-15-28(16-14-27)24(30)31-5-2/h8-9,11,19H,4-7,10,12-17H2,1-3H3/t19-/m1/s1. The molecule has 1 aromatic heterocycles. The fourth-order valence-electron chi connectivity index (χ4n) is 4.86. The van der Waals surface area contributed by atoms with Gasteiger partial charge in [0.2, 0.25) is 0 Å². The van der Waals surface area contributed by atoms with Crippen molar-refractivity contribution in [3.05, 3.63) is 29.6 Å². The second-order valence-electron chi connectivity index (χ2n) is 8.64. The molecule has 2 saturated heterocycles. The van der Waals surface area contributed by atoms with Crippen LogP contribution in [-0.2, 0) is 11.3 Å². The van der Waals surface area contributed by atoms with Crippen molar-refractivity contribution in [3.8, 4) is 0 Å². The van der Waals surface area contributed by atoms with Gasteiger partial charge in [0.1, 0.15) is 11.6 Å². The number of hydrogen-bond donors (Lipinski definition) is 0. The Labute approximate surface area is 185 Å². The number of nitrogens with zero attached hydrogens (tertiary/aromatic N) is 5. The van der Waals surface area contributed by atoms with Crippen molar-refractivity contribution in [1.82, 2.24) is 19.8 Å². The van der Waals surface area contributed by atoms with Crippen molar-refractivity contribution in [2.24, 2.45) is 0 Å². The Hall–Kier alpha value is -2.41. The molecule has 0 N–H and O–H groups in total. The molecule has 168 valence electrons. The Kier molecular flexibility index (Phi) is 6.90. The summed E-state index contributed by atoms with van der Waals surface area (Å²) < 4.78 is 5.17. The predicted octanol–water partition coefficient (Wildman–Crippen LogP) is 3.98. The molecular formula is C24H35N5O2. The molecule has 0 unspecified atom stereocenters. The molecule has 3 heterocycles. The zero-order chi connectivity index (χ0) is 21.8. The van der Waals surface area contributed by atoms with Crippen LogP contribution in [-0.4, -0.2) is 71.2 Å². The first kappa shape index (κ1) is 21.8. The first-order valence-electron chi connectivity index (χ1n) is 11.8. The van der Waals surface area contributed by atoms with E-state index in [4.69, 9.17) is 14.7 Å². The third-order valence-corrected chi connectivity index (χ3v) is 6.62. The molecule has 1 aromatic carbocycles. The highest BCUT2D eigenvalue weighted by atomic mass is 16.6. The normalized spacial score (nSPS) is 20.3. The van der Waals surface area contributed by atoms with Crippen LogP contribution in [0.5, 0.6) is 0 Å². The van der Waals surface area contributed by atoms with E-state index in [1.165, 1.54) is 31.2 Å². The second-order valence-corrected chi connectivity index (χ2v) is 8.64. The number of hydrogen-bond acceptors (Lipinski definition) is 6. The summed E-state index contributed by atoms with van der Waals surface area (Å²) in [6, 6.07) is 6.95. The number of ether oxygens (including phenoxy) is 1. The summed E-state index contributed by atoms with van der Waals surface area (Å²) in [5.74, 6) is 1.90. The third-order valence-electron chi connectivity index (χ3n) is 6.62. The van der Waals surface area contributed by atoms with Gasteiger partial charge < -0.3 is 14.5 Å². The summed E-state index contributed by atoms with van der Waals surface area (Å²) in [7, 11) is 0. The van der Waals surface area contributed by atoms with Gasteiger partial charge in [-0.15, -0.1) is 0 Å². The molecule has 2 aliphatic rings. The van der Waals surface area contributed by atoms with Gasteiger partial charge in [-0.05, 0) is 51.3 Å². The van der Waals surface area contributed by atoms with Crippen molar-refractivity contribution < 1.29 is 9.53 Å². The first-order valence-corrected chi connectivity index (χ1v) is 11.8. The van der Waals surface area contributed by atoms with Crippen LogP contribution in [0, 0.1) is 6.92 Å². The quantitative estimate of drug-likeness (QED) is 0.722. The number of aromatic nitrogens is 2. The summed E-state index contributed by atoms with van der Waals surface area (Å²) in [6.07, 6.45) is 4.80. The van der Waals surface area contributed by atoms with Crippen LogP contribution in [0.2, 0.25) is 0 Å². The van der Waals surface area contributed by atoms with E-state index < -0.39 is 0 Å². The Balaban J connectivity index is 1.60. The number of rotatable bonds is 5. The largest absolute Gasteiger partial charge is 0.450 e. The van der Waals surface area contributed by atoms with Gasteiger partial charge in [-0.25, -0.2) is 14.8 Å². The van der Waals surface area contributed by atoms with E-state index in [0.717, 1.165) is 48.7 Å². The zero-order valence-corrected chi connectivity index (χ0v) is 19.1. The van der Waals surface area contributed by atoms with Crippen LogP contribution in [0.1, 0.15) is 50.9 Å². The van der Waals surface area contributed by atoms with E-state index >= 15 is 0 Å². The van der Waals surface area contributed by atoms with Gasteiger partial charge in [-0.2, -0.15) is 0 Å². The highest BCUT2D eigenvalue weighted by Crippen LogP contribution is 2.28.